The second kappa shape index (κ2) is 7.12. The van der Waals surface area contributed by atoms with Gasteiger partial charge in [0.1, 0.15) is 0 Å². The first kappa shape index (κ1) is 13.0. The Morgan fingerprint density at radius 1 is 1.41 bits per heavy atom. The van der Waals surface area contributed by atoms with Gasteiger partial charge in [-0.3, -0.25) is 0 Å². The second-order valence-corrected chi connectivity index (χ2v) is 6.25. The molecule has 0 spiro atoms. The van der Waals surface area contributed by atoms with Crippen molar-refractivity contribution in [3.05, 3.63) is 24.2 Å². The van der Waals surface area contributed by atoms with Crippen LogP contribution in [0.3, 0.4) is 0 Å². The van der Waals surface area contributed by atoms with Crippen molar-refractivity contribution in [1.29, 1.82) is 0 Å². The summed E-state index contributed by atoms with van der Waals surface area (Å²) in [5.41, 5.74) is 1.30. The summed E-state index contributed by atoms with van der Waals surface area (Å²) in [6.45, 7) is 0. The Labute approximate surface area is 109 Å². The van der Waals surface area contributed by atoms with E-state index in [9.17, 15) is 0 Å². The number of rotatable bonds is 6. The van der Waals surface area contributed by atoms with E-state index < -0.39 is 0 Å². The normalized spacial score (nSPS) is 19.4. The van der Waals surface area contributed by atoms with Crippen molar-refractivity contribution in [1.82, 2.24) is 5.32 Å². The zero-order chi connectivity index (χ0) is 11.9. The quantitative estimate of drug-likeness (QED) is 0.840. The van der Waals surface area contributed by atoms with E-state index in [2.05, 4.69) is 30.2 Å². The fourth-order valence-electron chi connectivity index (χ4n) is 2.42. The van der Waals surface area contributed by atoms with Crippen LogP contribution >= 0.6 is 11.8 Å². The molecule has 1 saturated carbocycles. The van der Waals surface area contributed by atoms with Crippen molar-refractivity contribution in [2.24, 2.45) is 0 Å². The first-order valence-electron chi connectivity index (χ1n) is 6.68. The molecule has 0 aliphatic heterocycles. The number of likely N-dealkylation sites (N-methyl/N-ethyl adjacent to an activating group) is 1. The van der Waals surface area contributed by atoms with Crippen LogP contribution in [-0.2, 0) is 6.42 Å². The van der Waals surface area contributed by atoms with Gasteiger partial charge in [0, 0.05) is 17.0 Å². The summed E-state index contributed by atoms with van der Waals surface area (Å²) in [4.78, 5) is 0. The summed E-state index contributed by atoms with van der Waals surface area (Å²) in [6.07, 6.45) is 11.9. The van der Waals surface area contributed by atoms with E-state index in [1.165, 1.54) is 43.4 Å². The Balaban J connectivity index is 1.71. The average Bonchev–Trinajstić information content (AvgIpc) is 2.88. The third-order valence-electron chi connectivity index (χ3n) is 3.56. The molecule has 0 radical (unpaired) electrons. The van der Waals surface area contributed by atoms with E-state index in [1.54, 1.807) is 6.26 Å². The van der Waals surface area contributed by atoms with Gasteiger partial charge in [0.15, 0.2) is 0 Å². The number of nitrogens with one attached hydrogen (secondary N) is 1. The van der Waals surface area contributed by atoms with Crippen LogP contribution in [0.2, 0.25) is 0 Å². The van der Waals surface area contributed by atoms with Crippen molar-refractivity contribution in [3.63, 3.8) is 0 Å². The Hall–Kier alpha value is -0.410. The summed E-state index contributed by atoms with van der Waals surface area (Å²) in [6, 6.07) is 2.63. The largest absolute Gasteiger partial charge is 0.472 e. The molecular formula is C14H23NOS. The van der Waals surface area contributed by atoms with Gasteiger partial charge in [-0.05, 0) is 37.9 Å². The van der Waals surface area contributed by atoms with Crippen LogP contribution in [0.25, 0.3) is 0 Å². The molecule has 1 fully saturated rings. The van der Waals surface area contributed by atoms with Crippen molar-refractivity contribution < 1.29 is 4.42 Å². The van der Waals surface area contributed by atoms with Crippen LogP contribution in [0.5, 0.6) is 0 Å². The molecule has 0 bridgehead atoms. The highest BCUT2D eigenvalue weighted by Crippen LogP contribution is 2.28. The van der Waals surface area contributed by atoms with E-state index in [4.69, 9.17) is 4.42 Å². The zero-order valence-electron chi connectivity index (χ0n) is 10.7. The van der Waals surface area contributed by atoms with Crippen LogP contribution in [0.4, 0.5) is 0 Å². The minimum Gasteiger partial charge on any atom is -0.472 e. The summed E-state index contributed by atoms with van der Waals surface area (Å²) in [7, 11) is 2.06. The lowest BCUT2D eigenvalue weighted by atomic mass is 10.0. The number of thioether (sulfide) groups is 1. The van der Waals surface area contributed by atoms with Gasteiger partial charge in [0.2, 0.25) is 0 Å². The Morgan fingerprint density at radius 3 is 2.88 bits per heavy atom. The minimum atomic E-state index is 0.569. The van der Waals surface area contributed by atoms with Gasteiger partial charge >= 0.3 is 0 Å². The van der Waals surface area contributed by atoms with Gasteiger partial charge in [0.25, 0.3) is 0 Å². The molecule has 96 valence electrons. The average molecular weight is 253 g/mol. The van der Waals surface area contributed by atoms with Crippen molar-refractivity contribution in [2.45, 2.75) is 49.8 Å². The SMILES string of the molecule is CNC(CSC1CCCCC1)Cc1ccoc1. The third-order valence-corrected chi connectivity index (χ3v) is 5.09. The van der Waals surface area contributed by atoms with Crippen molar-refractivity contribution >= 4 is 11.8 Å². The lowest BCUT2D eigenvalue weighted by Gasteiger charge is -2.23. The highest BCUT2D eigenvalue weighted by molar-refractivity contribution is 7.99. The fraction of sp³-hybridized carbons (Fsp3) is 0.714. The number of furan rings is 1. The lowest BCUT2D eigenvalue weighted by Crippen LogP contribution is -2.31. The maximum Gasteiger partial charge on any atom is 0.0935 e. The van der Waals surface area contributed by atoms with E-state index in [1.807, 2.05) is 6.26 Å². The maximum absolute atomic E-state index is 5.12. The summed E-state index contributed by atoms with van der Waals surface area (Å²) in [5, 5.41) is 4.32. The van der Waals surface area contributed by atoms with Gasteiger partial charge in [-0.15, -0.1) is 0 Å². The molecule has 1 unspecified atom stereocenters. The van der Waals surface area contributed by atoms with E-state index >= 15 is 0 Å². The molecule has 1 atom stereocenters. The molecule has 1 heterocycles. The molecule has 2 rings (SSSR count). The molecular weight excluding hydrogens is 230 g/mol. The highest BCUT2D eigenvalue weighted by atomic mass is 32.2. The molecule has 17 heavy (non-hydrogen) atoms. The van der Waals surface area contributed by atoms with Gasteiger partial charge in [-0.25, -0.2) is 0 Å². The highest BCUT2D eigenvalue weighted by Gasteiger charge is 2.16. The topological polar surface area (TPSA) is 25.2 Å². The monoisotopic (exact) mass is 253 g/mol. The first-order chi connectivity index (χ1) is 8.38. The predicted octanol–water partition coefficient (Wildman–Crippen LogP) is 3.48. The Bertz CT molecular complexity index is 293. The van der Waals surface area contributed by atoms with Crippen molar-refractivity contribution in [3.8, 4) is 0 Å². The first-order valence-corrected chi connectivity index (χ1v) is 7.73. The molecule has 1 aliphatic carbocycles. The van der Waals surface area contributed by atoms with E-state index in [-0.39, 0.29) is 0 Å². The summed E-state index contributed by atoms with van der Waals surface area (Å²) >= 11 is 2.16. The minimum absolute atomic E-state index is 0.569. The summed E-state index contributed by atoms with van der Waals surface area (Å²) in [5.74, 6) is 1.21. The second-order valence-electron chi connectivity index (χ2n) is 4.91. The van der Waals surface area contributed by atoms with E-state index in [0.717, 1.165) is 11.7 Å². The van der Waals surface area contributed by atoms with Crippen molar-refractivity contribution in [2.75, 3.05) is 12.8 Å². The molecule has 1 aromatic heterocycles. The predicted molar refractivity (Wildman–Crippen MR) is 74.6 cm³/mol. The zero-order valence-corrected chi connectivity index (χ0v) is 11.5. The number of hydrogen-bond acceptors (Lipinski definition) is 3. The van der Waals surface area contributed by atoms with Gasteiger partial charge in [0.05, 0.1) is 12.5 Å². The Morgan fingerprint density at radius 2 is 2.24 bits per heavy atom. The third kappa shape index (κ3) is 4.40. The van der Waals surface area contributed by atoms with Gasteiger partial charge in [-0.2, -0.15) is 11.8 Å². The fourth-order valence-corrected chi connectivity index (χ4v) is 3.88. The Kier molecular flexibility index (Phi) is 5.46. The molecule has 1 aliphatic rings. The molecule has 2 nitrogen and oxygen atoms in total. The molecule has 1 aromatic rings. The van der Waals surface area contributed by atoms with Crippen LogP contribution in [0, 0.1) is 0 Å². The number of hydrogen-bond donors (Lipinski definition) is 1. The van der Waals surface area contributed by atoms with Crippen LogP contribution in [0.1, 0.15) is 37.7 Å². The molecule has 1 N–H and O–H groups in total. The van der Waals surface area contributed by atoms with E-state index in [0.29, 0.717) is 6.04 Å². The van der Waals surface area contributed by atoms with Gasteiger partial charge in [-0.1, -0.05) is 19.3 Å². The molecule has 3 heteroatoms. The van der Waals surface area contributed by atoms with Crippen LogP contribution in [-0.4, -0.2) is 24.1 Å². The molecule has 0 saturated heterocycles. The molecule has 0 amide bonds. The smallest absolute Gasteiger partial charge is 0.0935 e. The van der Waals surface area contributed by atoms with Crippen LogP contribution < -0.4 is 5.32 Å². The molecule has 0 aromatic carbocycles. The maximum atomic E-state index is 5.12. The van der Waals surface area contributed by atoms with Crippen LogP contribution in [0.15, 0.2) is 23.0 Å². The van der Waals surface area contributed by atoms with Gasteiger partial charge < -0.3 is 9.73 Å². The standard InChI is InChI=1S/C14H23NOS/c1-15-13(9-12-7-8-16-10-12)11-17-14-5-3-2-4-6-14/h7-8,10,13-15H,2-6,9,11H2,1H3. The summed E-state index contributed by atoms with van der Waals surface area (Å²) < 4.78 is 5.12. The lowest BCUT2D eigenvalue weighted by molar-refractivity contribution is 0.514.